The van der Waals surface area contributed by atoms with Crippen LogP contribution in [0.3, 0.4) is 0 Å². The maximum absolute atomic E-state index is 2.41. The summed E-state index contributed by atoms with van der Waals surface area (Å²) in [7, 11) is 0. The Labute approximate surface area is 196 Å². The van der Waals surface area contributed by atoms with E-state index in [2.05, 4.69) is 135 Å². The molecule has 0 unspecified atom stereocenters. The van der Waals surface area contributed by atoms with Crippen LogP contribution in [0.15, 0.2) is 84.9 Å². The minimum Gasteiger partial charge on any atom is -0.341 e. The van der Waals surface area contributed by atoms with Gasteiger partial charge in [-0.2, -0.15) is 0 Å². The molecule has 162 valence electrons. The van der Waals surface area contributed by atoms with Crippen molar-refractivity contribution < 1.29 is 0 Å². The van der Waals surface area contributed by atoms with Crippen LogP contribution in [0.4, 0.5) is 0 Å². The lowest BCUT2D eigenvalue weighted by Crippen LogP contribution is -1.92. The Kier molecular flexibility index (Phi) is 5.71. The SMILES string of the molecule is CCn1c2ccc(/C=C/c3ccc(C)cc3)cc2c2cc(/C=C/c3ccc(C)cc3)ccc21. The van der Waals surface area contributed by atoms with Crippen LogP contribution in [0.25, 0.3) is 46.1 Å². The number of rotatable bonds is 5. The van der Waals surface area contributed by atoms with E-state index in [9.17, 15) is 0 Å². The maximum atomic E-state index is 2.41. The second kappa shape index (κ2) is 8.96. The van der Waals surface area contributed by atoms with Gasteiger partial charge in [0.1, 0.15) is 0 Å². The lowest BCUT2D eigenvalue weighted by atomic mass is 10.0. The van der Waals surface area contributed by atoms with Gasteiger partial charge in [-0.15, -0.1) is 0 Å². The summed E-state index contributed by atoms with van der Waals surface area (Å²) in [5.41, 5.74) is 10.0. The van der Waals surface area contributed by atoms with Crippen LogP contribution in [-0.4, -0.2) is 4.57 Å². The molecule has 0 radical (unpaired) electrons. The third-order valence-electron chi connectivity index (χ3n) is 6.32. The van der Waals surface area contributed by atoms with E-state index in [1.165, 1.54) is 55.2 Å². The van der Waals surface area contributed by atoms with Crippen LogP contribution in [-0.2, 0) is 6.54 Å². The summed E-state index contributed by atoms with van der Waals surface area (Å²) in [6, 6.07) is 30.9. The Morgan fingerprint density at radius 2 is 0.879 bits per heavy atom. The van der Waals surface area contributed by atoms with E-state index in [-0.39, 0.29) is 0 Å². The fourth-order valence-electron chi connectivity index (χ4n) is 4.43. The first-order valence-corrected chi connectivity index (χ1v) is 11.7. The van der Waals surface area contributed by atoms with Crippen molar-refractivity contribution in [2.24, 2.45) is 0 Å². The van der Waals surface area contributed by atoms with E-state index >= 15 is 0 Å². The molecule has 0 aliphatic carbocycles. The molecule has 1 heterocycles. The van der Waals surface area contributed by atoms with Gasteiger partial charge < -0.3 is 4.57 Å². The lowest BCUT2D eigenvalue weighted by molar-refractivity contribution is 0.827. The van der Waals surface area contributed by atoms with E-state index in [1.54, 1.807) is 0 Å². The topological polar surface area (TPSA) is 4.93 Å². The van der Waals surface area contributed by atoms with Crippen molar-refractivity contribution in [2.45, 2.75) is 27.3 Å². The molecule has 0 amide bonds. The summed E-state index contributed by atoms with van der Waals surface area (Å²) in [5, 5.41) is 2.62. The molecule has 0 saturated carbocycles. The number of aryl methyl sites for hydroxylation is 3. The number of hydrogen-bond acceptors (Lipinski definition) is 0. The molecule has 4 aromatic carbocycles. The van der Waals surface area contributed by atoms with Crippen LogP contribution < -0.4 is 0 Å². The van der Waals surface area contributed by atoms with Crippen LogP contribution in [0.5, 0.6) is 0 Å². The van der Waals surface area contributed by atoms with E-state index in [1.807, 2.05) is 0 Å². The Balaban J connectivity index is 1.54. The summed E-state index contributed by atoms with van der Waals surface area (Å²) in [5.74, 6) is 0. The number of hydrogen-bond donors (Lipinski definition) is 0. The van der Waals surface area contributed by atoms with E-state index in [0.717, 1.165) is 6.54 Å². The zero-order valence-corrected chi connectivity index (χ0v) is 19.5. The van der Waals surface area contributed by atoms with Crippen molar-refractivity contribution in [3.05, 3.63) is 118 Å². The maximum Gasteiger partial charge on any atom is 0.0491 e. The first kappa shape index (κ1) is 21.0. The molecular formula is C32H29N. The van der Waals surface area contributed by atoms with Gasteiger partial charge in [0.15, 0.2) is 0 Å². The highest BCUT2D eigenvalue weighted by atomic mass is 15.0. The van der Waals surface area contributed by atoms with Gasteiger partial charge in [0, 0.05) is 28.4 Å². The zero-order valence-electron chi connectivity index (χ0n) is 19.5. The van der Waals surface area contributed by atoms with Crippen LogP contribution in [0, 0.1) is 13.8 Å². The fraction of sp³-hybridized carbons (Fsp3) is 0.125. The van der Waals surface area contributed by atoms with Crippen molar-refractivity contribution in [2.75, 3.05) is 0 Å². The second-order valence-corrected chi connectivity index (χ2v) is 8.79. The molecule has 1 nitrogen and oxygen atoms in total. The third kappa shape index (κ3) is 4.40. The molecule has 0 saturated heterocycles. The number of benzene rings is 4. The monoisotopic (exact) mass is 427 g/mol. The largest absolute Gasteiger partial charge is 0.341 e. The molecule has 1 heteroatoms. The highest BCUT2D eigenvalue weighted by Gasteiger charge is 2.10. The number of aromatic nitrogens is 1. The molecule has 0 atom stereocenters. The zero-order chi connectivity index (χ0) is 22.8. The van der Waals surface area contributed by atoms with Crippen molar-refractivity contribution in [3.63, 3.8) is 0 Å². The molecule has 1 aromatic heterocycles. The van der Waals surface area contributed by atoms with Gasteiger partial charge in [-0.1, -0.05) is 96.1 Å². The highest BCUT2D eigenvalue weighted by molar-refractivity contribution is 6.09. The predicted molar refractivity (Wildman–Crippen MR) is 145 cm³/mol. The van der Waals surface area contributed by atoms with E-state index in [0.29, 0.717) is 0 Å². The molecule has 5 rings (SSSR count). The molecular weight excluding hydrogens is 398 g/mol. The summed E-state index contributed by atoms with van der Waals surface area (Å²) in [6.07, 6.45) is 8.80. The molecule has 0 aliphatic rings. The van der Waals surface area contributed by atoms with Crippen molar-refractivity contribution in [1.82, 2.24) is 4.57 Å². The number of nitrogens with zero attached hydrogens (tertiary/aromatic N) is 1. The van der Waals surface area contributed by atoms with Crippen molar-refractivity contribution in [1.29, 1.82) is 0 Å². The fourth-order valence-corrected chi connectivity index (χ4v) is 4.43. The van der Waals surface area contributed by atoms with E-state index in [4.69, 9.17) is 0 Å². The smallest absolute Gasteiger partial charge is 0.0491 e. The van der Waals surface area contributed by atoms with Crippen LogP contribution in [0.2, 0.25) is 0 Å². The summed E-state index contributed by atoms with van der Waals surface area (Å²) >= 11 is 0. The molecule has 5 aromatic rings. The molecule has 0 aliphatic heterocycles. The van der Waals surface area contributed by atoms with Gasteiger partial charge in [-0.3, -0.25) is 0 Å². The molecule has 0 N–H and O–H groups in total. The van der Waals surface area contributed by atoms with Gasteiger partial charge in [-0.05, 0) is 67.3 Å². The molecule has 0 bridgehead atoms. The normalized spacial score (nSPS) is 12.0. The molecule has 33 heavy (non-hydrogen) atoms. The second-order valence-electron chi connectivity index (χ2n) is 8.79. The van der Waals surface area contributed by atoms with Gasteiger partial charge in [0.2, 0.25) is 0 Å². The molecule has 0 fully saturated rings. The third-order valence-corrected chi connectivity index (χ3v) is 6.32. The van der Waals surface area contributed by atoms with Crippen molar-refractivity contribution >= 4 is 46.1 Å². The average molecular weight is 428 g/mol. The van der Waals surface area contributed by atoms with Crippen LogP contribution in [0.1, 0.15) is 40.3 Å². The van der Waals surface area contributed by atoms with Gasteiger partial charge >= 0.3 is 0 Å². The Morgan fingerprint density at radius 3 is 1.27 bits per heavy atom. The Bertz CT molecular complexity index is 1360. The average Bonchev–Trinajstić information content (AvgIpc) is 3.15. The highest BCUT2D eigenvalue weighted by Crippen LogP contribution is 2.31. The van der Waals surface area contributed by atoms with Crippen LogP contribution >= 0.6 is 0 Å². The first-order chi connectivity index (χ1) is 16.1. The summed E-state index contributed by atoms with van der Waals surface area (Å²) in [4.78, 5) is 0. The first-order valence-electron chi connectivity index (χ1n) is 11.7. The Morgan fingerprint density at radius 1 is 0.515 bits per heavy atom. The Hall–Kier alpha value is -3.84. The van der Waals surface area contributed by atoms with Gasteiger partial charge in [0.25, 0.3) is 0 Å². The van der Waals surface area contributed by atoms with Crippen molar-refractivity contribution in [3.8, 4) is 0 Å². The minimum absolute atomic E-state index is 0.955. The quantitative estimate of drug-likeness (QED) is 0.247. The lowest BCUT2D eigenvalue weighted by Gasteiger charge is -2.03. The summed E-state index contributed by atoms with van der Waals surface area (Å²) < 4.78 is 2.41. The standard InChI is InChI=1S/C32H29N/c1-4-33-31-19-17-27(15-13-25-9-5-23(2)6-10-25)21-29(31)30-22-28(18-20-32(30)33)16-14-26-11-7-24(3)8-12-26/h5-22H,4H2,1-3H3/b15-13+,16-14+. The number of fused-ring (bicyclic) bond motifs is 3. The van der Waals surface area contributed by atoms with Gasteiger partial charge in [0.05, 0.1) is 0 Å². The predicted octanol–water partition coefficient (Wildman–Crippen LogP) is 8.77. The van der Waals surface area contributed by atoms with E-state index < -0.39 is 0 Å². The minimum atomic E-state index is 0.955. The van der Waals surface area contributed by atoms with Gasteiger partial charge in [-0.25, -0.2) is 0 Å². The molecule has 0 spiro atoms. The summed E-state index contributed by atoms with van der Waals surface area (Å²) in [6.45, 7) is 7.41.